The number of likely N-dealkylation sites (tertiary alicyclic amines) is 1. The fraction of sp³-hybridized carbons (Fsp3) is 0.480. The first-order valence-corrected chi connectivity index (χ1v) is 11.2. The summed E-state index contributed by atoms with van der Waals surface area (Å²) in [6.45, 7) is 6.51. The van der Waals surface area contributed by atoms with Gasteiger partial charge in [0.05, 0.1) is 26.0 Å². The summed E-state index contributed by atoms with van der Waals surface area (Å²) in [4.78, 5) is 2.52. The Morgan fingerprint density at radius 2 is 1.84 bits per heavy atom. The van der Waals surface area contributed by atoms with Gasteiger partial charge in [0.2, 0.25) is 5.72 Å². The Morgan fingerprint density at radius 3 is 2.55 bits per heavy atom. The van der Waals surface area contributed by atoms with E-state index in [-0.39, 0.29) is 6.04 Å². The van der Waals surface area contributed by atoms with Crippen molar-refractivity contribution in [2.75, 3.05) is 27.3 Å². The number of hydrazone groups is 1. The SMILES string of the molecule is COc1cccc(C2=NN3[C@H](C2)c2cccc(OC)c2OC32CCN(C(C)C)CC2)c1. The van der Waals surface area contributed by atoms with Crippen LogP contribution in [-0.2, 0) is 0 Å². The van der Waals surface area contributed by atoms with Gasteiger partial charge >= 0.3 is 0 Å². The molecule has 1 saturated heterocycles. The molecule has 5 rings (SSSR count). The van der Waals surface area contributed by atoms with E-state index >= 15 is 0 Å². The van der Waals surface area contributed by atoms with E-state index < -0.39 is 5.72 Å². The molecule has 0 aliphatic carbocycles. The summed E-state index contributed by atoms with van der Waals surface area (Å²) < 4.78 is 17.9. The van der Waals surface area contributed by atoms with Gasteiger partial charge in [-0.25, -0.2) is 5.01 Å². The van der Waals surface area contributed by atoms with Gasteiger partial charge in [-0.2, -0.15) is 5.10 Å². The lowest BCUT2D eigenvalue weighted by Crippen LogP contribution is -2.59. The zero-order chi connectivity index (χ0) is 21.6. The third-order valence-electron chi connectivity index (χ3n) is 6.92. The first kappa shape index (κ1) is 20.2. The van der Waals surface area contributed by atoms with Gasteiger partial charge in [0.15, 0.2) is 11.5 Å². The summed E-state index contributed by atoms with van der Waals surface area (Å²) in [5.41, 5.74) is 2.89. The van der Waals surface area contributed by atoms with Crippen LogP contribution in [0.1, 0.15) is 50.3 Å². The number of ether oxygens (including phenoxy) is 3. The van der Waals surface area contributed by atoms with Crippen LogP contribution in [0.25, 0.3) is 0 Å². The summed E-state index contributed by atoms with van der Waals surface area (Å²) in [6.07, 6.45) is 2.66. The molecule has 164 valence electrons. The minimum absolute atomic E-state index is 0.144. The number of fused-ring (bicyclic) bond motifs is 4. The van der Waals surface area contributed by atoms with Crippen LogP contribution in [0.5, 0.6) is 17.2 Å². The summed E-state index contributed by atoms with van der Waals surface area (Å²) in [7, 11) is 3.42. The summed E-state index contributed by atoms with van der Waals surface area (Å²) >= 11 is 0. The minimum atomic E-state index is -0.446. The Balaban J connectivity index is 1.56. The fourth-order valence-corrected chi connectivity index (χ4v) is 5.13. The van der Waals surface area contributed by atoms with Gasteiger partial charge in [-0.05, 0) is 32.0 Å². The van der Waals surface area contributed by atoms with Gasteiger partial charge in [0.25, 0.3) is 0 Å². The second-order valence-electron chi connectivity index (χ2n) is 8.90. The Labute approximate surface area is 184 Å². The molecule has 0 bridgehead atoms. The van der Waals surface area contributed by atoms with E-state index in [4.69, 9.17) is 19.3 Å². The number of para-hydroxylation sites is 1. The van der Waals surface area contributed by atoms with E-state index in [1.807, 2.05) is 24.3 Å². The largest absolute Gasteiger partial charge is 0.497 e. The third kappa shape index (κ3) is 3.33. The number of nitrogens with zero attached hydrogens (tertiary/aromatic N) is 3. The van der Waals surface area contributed by atoms with E-state index in [0.29, 0.717) is 6.04 Å². The quantitative estimate of drug-likeness (QED) is 0.730. The Hall–Kier alpha value is -2.73. The predicted octanol–water partition coefficient (Wildman–Crippen LogP) is 4.45. The maximum Gasteiger partial charge on any atom is 0.200 e. The molecule has 2 aromatic carbocycles. The molecule has 0 N–H and O–H groups in total. The second kappa shape index (κ2) is 7.75. The topological polar surface area (TPSA) is 46.5 Å². The van der Waals surface area contributed by atoms with Gasteiger partial charge in [0, 0.05) is 49.5 Å². The van der Waals surface area contributed by atoms with Gasteiger partial charge in [-0.3, -0.25) is 0 Å². The van der Waals surface area contributed by atoms with Crippen molar-refractivity contribution in [3.63, 3.8) is 0 Å². The molecular weight excluding hydrogens is 390 g/mol. The molecule has 1 atom stereocenters. The molecule has 0 amide bonds. The second-order valence-corrected chi connectivity index (χ2v) is 8.90. The average Bonchev–Trinajstić information content (AvgIpc) is 3.26. The van der Waals surface area contributed by atoms with Gasteiger partial charge in [-0.15, -0.1) is 0 Å². The normalized spacial score (nSPS) is 22.0. The Kier molecular flexibility index (Phi) is 5.05. The molecule has 31 heavy (non-hydrogen) atoms. The number of rotatable bonds is 4. The maximum absolute atomic E-state index is 6.80. The standard InChI is InChI=1S/C25H31N3O3/c1-17(2)27-13-11-25(12-14-27)28-22(20-9-6-10-23(30-4)24(20)31-25)16-21(26-28)18-7-5-8-19(15-18)29-3/h5-10,15,17,22H,11-14,16H2,1-4H3/t22-/m1/s1. The molecule has 2 aromatic rings. The molecule has 0 aromatic heterocycles. The molecule has 0 radical (unpaired) electrons. The smallest absolute Gasteiger partial charge is 0.200 e. The Morgan fingerprint density at radius 1 is 1.06 bits per heavy atom. The van der Waals surface area contributed by atoms with E-state index in [9.17, 15) is 0 Å². The highest BCUT2D eigenvalue weighted by molar-refractivity contribution is 6.02. The van der Waals surface area contributed by atoms with Crippen LogP contribution >= 0.6 is 0 Å². The maximum atomic E-state index is 6.80. The van der Waals surface area contributed by atoms with Crippen molar-refractivity contribution in [1.82, 2.24) is 9.91 Å². The van der Waals surface area contributed by atoms with Crippen molar-refractivity contribution >= 4 is 5.71 Å². The van der Waals surface area contributed by atoms with E-state index in [1.165, 1.54) is 0 Å². The van der Waals surface area contributed by atoms with E-state index in [0.717, 1.165) is 66.4 Å². The van der Waals surface area contributed by atoms with E-state index in [1.54, 1.807) is 14.2 Å². The van der Waals surface area contributed by atoms with Crippen molar-refractivity contribution in [3.05, 3.63) is 53.6 Å². The van der Waals surface area contributed by atoms with Crippen LogP contribution in [-0.4, -0.2) is 54.7 Å². The summed E-state index contributed by atoms with van der Waals surface area (Å²) in [6, 6.07) is 15.0. The highest BCUT2D eigenvalue weighted by atomic mass is 16.5. The first-order chi connectivity index (χ1) is 15.0. The molecule has 6 heteroatoms. The third-order valence-corrected chi connectivity index (χ3v) is 6.92. The highest BCUT2D eigenvalue weighted by Gasteiger charge is 2.52. The van der Waals surface area contributed by atoms with Crippen LogP contribution in [0.4, 0.5) is 0 Å². The molecule has 3 aliphatic heterocycles. The van der Waals surface area contributed by atoms with Gasteiger partial charge in [-0.1, -0.05) is 24.3 Å². The summed E-state index contributed by atoms with van der Waals surface area (Å²) in [5, 5.41) is 7.42. The van der Waals surface area contributed by atoms with Gasteiger partial charge < -0.3 is 19.1 Å². The molecule has 3 heterocycles. The molecular formula is C25H31N3O3. The molecule has 1 fully saturated rings. The number of methoxy groups -OCH3 is 2. The van der Waals surface area contributed by atoms with Crippen LogP contribution in [0.15, 0.2) is 47.6 Å². The van der Waals surface area contributed by atoms with Crippen LogP contribution in [0.2, 0.25) is 0 Å². The van der Waals surface area contributed by atoms with Crippen molar-refractivity contribution < 1.29 is 14.2 Å². The monoisotopic (exact) mass is 421 g/mol. The lowest BCUT2D eigenvalue weighted by molar-refractivity contribution is -0.153. The van der Waals surface area contributed by atoms with E-state index in [2.05, 4.69) is 42.0 Å². The molecule has 6 nitrogen and oxygen atoms in total. The Bertz CT molecular complexity index is 995. The number of hydrogen-bond donors (Lipinski definition) is 0. The van der Waals surface area contributed by atoms with Crippen molar-refractivity contribution in [3.8, 4) is 17.2 Å². The van der Waals surface area contributed by atoms with Crippen LogP contribution in [0.3, 0.4) is 0 Å². The van der Waals surface area contributed by atoms with Crippen molar-refractivity contribution in [1.29, 1.82) is 0 Å². The van der Waals surface area contributed by atoms with Gasteiger partial charge in [0.1, 0.15) is 5.75 Å². The number of piperidine rings is 1. The lowest BCUT2D eigenvalue weighted by Gasteiger charge is -2.51. The van der Waals surface area contributed by atoms with Crippen molar-refractivity contribution in [2.45, 2.75) is 50.9 Å². The first-order valence-electron chi connectivity index (χ1n) is 11.2. The van der Waals surface area contributed by atoms with Crippen LogP contribution < -0.4 is 14.2 Å². The number of hydrogen-bond acceptors (Lipinski definition) is 6. The van der Waals surface area contributed by atoms with Crippen LogP contribution in [0, 0.1) is 0 Å². The molecule has 1 spiro atoms. The zero-order valence-corrected chi connectivity index (χ0v) is 18.8. The molecule has 0 saturated carbocycles. The predicted molar refractivity (Wildman–Crippen MR) is 121 cm³/mol. The molecule has 3 aliphatic rings. The zero-order valence-electron chi connectivity index (χ0n) is 18.8. The molecule has 0 unspecified atom stereocenters. The highest BCUT2D eigenvalue weighted by Crippen LogP contribution is 2.52. The lowest BCUT2D eigenvalue weighted by atomic mass is 9.90. The summed E-state index contributed by atoms with van der Waals surface area (Å²) in [5.74, 6) is 2.53. The van der Waals surface area contributed by atoms with Crippen molar-refractivity contribution in [2.24, 2.45) is 5.10 Å². The average molecular weight is 422 g/mol. The fourth-order valence-electron chi connectivity index (χ4n) is 5.13. The number of benzene rings is 2. The minimum Gasteiger partial charge on any atom is -0.497 e.